The molecule has 1 amide bonds. The first-order valence-corrected chi connectivity index (χ1v) is 10.9. The van der Waals surface area contributed by atoms with E-state index in [2.05, 4.69) is 11.8 Å². The van der Waals surface area contributed by atoms with E-state index in [1.165, 1.54) is 0 Å². The minimum absolute atomic E-state index is 0.0212. The molecule has 0 spiro atoms. The highest BCUT2D eigenvalue weighted by Crippen LogP contribution is 2.33. The van der Waals surface area contributed by atoms with Crippen molar-refractivity contribution in [1.82, 2.24) is 9.80 Å². The zero-order chi connectivity index (χ0) is 18.3. The fourth-order valence-corrected chi connectivity index (χ4v) is 6.24. The number of benzene rings is 1. The number of fused-ring (bicyclic) bond motifs is 2. The molecule has 1 aromatic rings. The first-order valence-electron chi connectivity index (χ1n) is 9.09. The number of rotatable bonds is 4. The highest BCUT2D eigenvalue weighted by molar-refractivity contribution is 7.91. The van der Waals surface area contributed by atoms with Crippen molar-refractivity contribution < 1.29 is 22.7 Å². The lowest BCUT2D eigenvalue weighted by Gasteiger charge is -2.44. The van der Waals surface area contributed by atoms with Crippen LogP contribution in [0.2, 0.25) is 0 Å². The number of nitrogens with zero attached hydrogens (tertiary/aromatic N) is 2. The molecular weight excluding hydrogens is 356 g/mol. The number of hydrogen-bond acceptors (Lipinski definition) is 6. The van der Waals surface area contributed by atoms with Crippen LogP contribution < -0.4 is 9.47 Å². The molecule has 142 valence electrons. The van der Waals surface area contributed by atoms with Gasteiger partial charge in [0.25, 0.3) is 0 Å². The first kappa shape index (κ1) is 17.6. The maximum absolute atomic E-state index is 12.9. The van der Waals surface area contributed by atoms with E-state index in [-0.39, 0.29) is 42.7 Å². The number of piperazine rings is 1. The van der Waals surface area contributed by atoms with Crippen LogP contribution in [-0.2, 0) is 21.1 Å². The Morgan fingerprint density at radius 1 is 1.15 bits per heavy atom. The van der Waals surface area contributed by atoms with E-state index in [9.17, 15) is 13.2 Å². The van der Waals surface area contributed by atoms with Crippen molar-refractivity contribution in [3.63, 3.8) is 0 Å². The summed E-state index contributed by atoms with van der Waals surface area (Å²) in [5.74, 6) is 1.56. The Kier molecular flexibility index (Phi) is 4.56. The van der Waals surface area contributed by atoms with Gasteiger partial charge in [-0.3, -0.25) is 9.69 Å². The van der Waals surface area contributed by atoms with Gasteiger partial charge in [0.1, 0.15) is 0 Å². The second-order valence-corrected chi connectivity index (χ2v) is 9.35. The molecule has 3 aliphatic rings. The molecule has 1 aromatic carbocycles. The SMILES string of the molecule is CCCN1CCN(C(=O)Cc2ccc3c(c2)OCO3)[C@@H]2CS(=O)(=O)C[C@@H]21. The molecule has 0 aromatic heterocycles. The van der Waals surface area contributed by atoms with Gasteiger partial charge in [0, 0.05) is 19.1 Å². The first-order chi connectivity index (χ1) is 12.5. The molecule has 3 aliphatic heterocycles. The summed E-state index contributed by atoms with van der Waals surface area (Å²) in [6, 6.07) is 5.20. The highest BCUT2D eigenvalue weighted by Gasteiger charge is 2.47. The molecule has 0 bridgehead atoms. The van der Waals surface area contributed by atoms with Crippen molar-refractivity contribution in [3.8, 4) is 11.5 Å². The molecule has 2 atom stereocenters. The van der Waals surface area contributed by atoms with Crippen molar-refractivity contribution in [2.24, 2.45) is 0 Å². The lowest BCUT2D eigenvalue weighted by Crippen LogP contribution is -2.60. The van der Waals surface area contributed by atoms with Crippen molar-refractivity contribution in [1.29, 1.82) is 0 Å². The minimum atomic E-state index is -3.10. The van der Waals surface area contributed by atoms with E-state index >= 15 is 0 Å². The van der Waals surface area contributed by atoms with Gasteiger partial charge in [-0.25, -0.2) is 8.42 Å². The maximum atomic E-state index is 12.9. The van der Waals surface area contributed by atoms with E-state index < -0.39 is 9.84 Å². The monoisotopic (exact) mass is 380 g/mol. The van der Waals surface area contributed by atoms with Crippen LogP contribution in [0.25, 0.3) is 0 Å². The highest BCUT2D eigenvalue weighted by atomic mass is 32.2. The zero-order valence-corrected chi connectivity index (χ0v) is 15.7. The Morgan fingerprint density at radius 2 is 1.92 bits per heavy atom. The Labute approximate surface area is 153 Å². The minimum Gasteiger partial charge on any atom is -0.454 e. The number of carbonyl (C=O) groups is 1. The van der Waals surface area contributed by atoms with E-state index in [1.54, 1.807) is 4.90 Å². The Balaban J connectivity index is 1.50. The average Bonchev–Trinajstić information content (AvgIpc) is 3.17. The second-order valence-electron chi connectivity index (χ2n) is 7.20. The quantitative estimate of drug-likeness (QED) is 0.765. The molecule has 0 saturated carbocycles. The van der Waals surface area contributed by atoms with Gasteiger partial charge in [0.15, 0.2) is 21.3 Å². The lowest BCUT2D eigenvalue weighted by atomic mass is 10.0. The predicted molar refractivity (Wildman–Crippen MR) is 96.1 cm³/mol. The Bertz CT molecular complexity index is 810. The van der Waals surface area contributed by atoms with Gasteiger partial charge in [0.05, 0.1) is 24.0 Å². The molecule has 2 saturated heterocycles. The van der Waals surface area contributed by atoms with E-state index in [0.717, 1.165) is 25.1 Å². The molecule has 26 heavy (non-hydrogen) atoms. The third-order valence-electron chi connectivity index (χ3n) is 5.41. The molecule has 7 nitrogen and oxygen atoms in total. The van der Waals surface area contributed by atoms with Gasteiger partial charge in [-0.2, -0.15) is 0 Å². The van der Waals surface area contributed by atoms with Crippen LogP contribution in [0.1, 0.15) is 18.9 Å². The van der Waals surface area contributed by atoms with Crippen molar-refractivity contribution in [2.45, 2.75) is 31.8 Å². The van der Waals surface area contributed by atoms with Gasteiger partial charge >= 0.3 is 0 Å². The van der Waals surface area contributed by atoms with E-state index in [4.69, 9.17) is 9.47 Å². The normalized spacial score (nSPS) is 26.7. The summed E-state index contributed by atoms with van der Waals surface area (Å²) in [4.78, 5) is 16.9. The Morgan fingerprint density at radius 3 is 2.73 bits per heavy atom. The molecule has 2 fully saturated rings. The van der Waals surface area contributed by atoms with Gasteiger partial charge < -0.3 is 14.4 Å². The summed E-state index contributed by atoms with van der Waals surface area (Å²) < 4.78 is 35.1. The second kappa shape index (κ2) is 6.74. The van der Waals surface area contributed by atoms with Crippen LogP contribution in [0, 0.1) is 0 Å². The Hall–Kier alpha value is -1.80. The van der Waals surface area contributed by atoms with E-state index in [1.807, 2.05) is 18.2 Å². The average molecular weight is 380 g/mol. The van der Waals surface area contributed by atoms with Crippen LogP contribution in [0.3, 0.4) is 0 Å². The van der Waals surface area contributed by atoms with Crippen molar-refractivity contribution in [3.05, 3.63) is 23.8 Å². The molecular formula is C18H24N2O5S. The molecule has 8 heteroatoms. The lowest BCUT2D eigenvalue weighted by molar-refractivity contribution is -0.136. The number of carbonyl (C=O) groups excluding carboxylic acids is 1. The van der Waals surface area contributed by atoms with E-state index in [0.29, 0.717) is 18.0 Å². The fraction of sp³-hybridized carbons (Fsp3) is 0.611. The van der Waals surface area contributed by atoms with Gasteiger partial charge in [-0.05, 0) is 30.7 Å². The smallest absolute Gasteiger partial charge is 0.231 e. The number of sulfone groups is 1. The summed E-state index contributed by atoms with van der Waals surface area (Å²) in [6.07, 6.45) is 1.22. The summed E-state index contributed by atoms with van der Waals surface area (Å²) in [6.45, 7) is 4.49. The molecule has 0 radical (unpaired) electrons. The summed E-state index contributed by atoms with van der Waals surface area (Å²) in [5, 5.41) is 0. The van der Waals surface area contributed by atoms with Crippen LogP contribution in [0.5, 0.6) is 11.5 Å². The largest absolute Gasteiger partial charge is 0.454 e. The molecule has 0 N–H and O–H groups in total. The van der Waals surface area contributed by atoms with Crippen LogP contribution in [-0.4, -0.2) is 74.1 Å². The molecule has 3 heterocycles. The number of ether oxygens (including phenoxy) is 2. The third kappa shape index (κ3) is 3.27. The fourth-order valence-electron chi connectivity index (χ4n) is 4.23. The van der Waals surface area contributed by atoms with Crippen LogP contribution in [0.4, 0.5) is 0 Å². The molecule has 0 aliphatic carbocycles. The summed E-state index contributed by atoms with van der Waals surface area (Å²) >= 11 is 0. The topological polar surface area (TPSA) is 76.2 Å². The third-order valence-corrected chi connectivity index (χ3v) is 7.11. The number of hydrogen-bond donors (Lipinski definition) is 0. The van der Waals surface area contributed by atoms with Gasteiger partial charge in [-0.1, -0.05) is 13.0 Å². The molecule has 0 unspecified atom stereocenters. The van der Waals surface area contributed by atoms with Crippen LogP contribution >= 0.6 is 0 Å². The van der Waals surface area contributed by atoms with Crippen molar-refractivity contribution >= 4 is 15.7 Å². The summed E-state index contributed by atoms with van der Waals surface area (Å²) in [5.41, 5.74) is 0.854. The number of amides is 1. The van der Waals surface area contributed by atoms with Crippen molar-refractivity contribution in [2.75, 3.05) is 37.9 Å². The van der Waals surface area contributed by atoms with Crippen LogP contribution in [0.15, 0.2) is 18.2 Å². The predicted octanol–water partition coefficient (Wildman–Crippen LogP) is 0.678. The standard InChI is InChI=1S/C18H24N2O5S/c1-2-5-19-6-7-20(15-11-26(22,23)10-14(15)19)18(21)9-13-3-4-16-17(8-13)25-12-24-16/h3-4,8,14-15H,2,5-7,9-12H2,1H3/t14-,15+/m0/s1. The van der Waals surface area contributed by atoms with Gasteiger partial charge in [0.2, 0.25) is 12.7 Å². The summed E-state index contributed by atoms with van der Waals surface area (Å²) in [7, 11) is -3.10. The zero-order valence-electron chi connectivity index (χ0n) is 14.9. The maximum Gasteiger partial charge on any atom is 0.231 e. The molecule has 4 rings (SSSR count). The van der Waals surface area contributed by atoms with Gasteiger partial charge in [-0.15, -0.1) is 0 Å².